The maximum Gasteiger partial charge on any atom is 0.317 e. The van der Waals surface area contributed by atoms with Gasteiger partial charge in [0.1, 0.15) is 5.75 Å². The van der Waals surface area contributed by atoms with E-state index in [-0.39, 0.29) is 12.3 Å². The molecule has 1 aromatic heterocycles. The molecule has 0 fully saturated rings. The topological polar surface area (TPSA) is 73.7 Å². The van der Waals surface area contributed by atoms with Gasteiger partial charge in [0.05, 0.1) is 18.3 Å². The van der Waals surface area contributed by atoms with Crippen molar-refractivity contribution in [3.05, 3.63) is 59.9 Å². The molecule has 20 heavy (non-hydrogen) atoms. The molecule has 1 heterocycles. The number of aliphatic carboxylic acids is 1. The molecule has 1 unspecified atom stereocenters. The summed E-state index contributed by atoms with van der Waals surface area (Å²) in [6.07, 6.45) is 1.65. The molecule has 0 radical (unpaired) electrons. The summed E-state index contributed by atoms with van der Waals surface area (Å²) in [5.41, 5.74) is 1.33. The number of phenols is 1. The van der Waals surface area contributed by atoms with Crippen LogP contribution in [0.5, 0.6) is 5.75 Å². The number of nitrogens with zero attached hydrogens (tertiary/aromatic N) is 2. The van der Waals surface area contributed by atoms with E-state index in [2.05, 4.69) is 4.98 Å². The van der Waals surface area contributed by atoms with E-state index in [0.717, 1.165) is 0 Å². The van der Waals surface area contributed by atoms with Crippen molar-refractivity contribution in [2.45, 2.75) is 6.04 Å². The zero-order chi connectivity index (χ0) is 14.5. The molecule has 104 valence electrons. The van der Waals surface area contributed by atoms with E-state index in [1.54, 1.807) is 48.5 Å². The predicted octanol–water partition coefficient (Wildman–Crippen LogP) is 1.89. The molecule has 0 bridgehead atoms. The Labute approximate surface area is 117 Å². The minimum Gasteiger partial charge on any atom is -0.508 e. The van der Waals surface area contributed by atoms with Crippen molar-refractivity contribution in [2.24, 2.45) is 0 Å². The number of phenolic OH excluding ortho intramolecular Hbond substituents is 1. The van der Waals surface area contributed by atoms with E-state index < -0.39 is 12.0 Å². The standard InChI is InChI=1S/C15H16N2O3/c1-17(10-14(19)20)15(12-7-4-5-9-16-12)11-6-2-3-8-13(11)18/h2-9,15,18H,10H2,1H3,(H,19,20). The highest BCUT2D eigenvalue weighted by Crippen LogP contribution is 2.31. The van der Waals surface area contributed by atoms with Gasteiger partial charge in [-0.15, -0.1) is 0 Å². The second kappa shape index (κ2) is 6.16. The van der Waals surface area contributed by atoms with Gasteiger partial charge in [0.15, 0.2) is 0 Å². The summed E-state index contributed by atoms with van der Waals surface area (Å²) in [7, 11) is 1.69. The van der Waals surface area contributed by atoms with Crippen molar-refractivity contribution in [1.82, 2.24) is 9.88 Å². The molecule has 5 heteroatoms. The summed E-state index contributed by atoms with van der Waals surface area (Å²) in [5, 5.41) is 19.0. The van der Waals surface area contributed by atoms with Gasteiger partial charge in [-0.25, -0.2) is 0 Å². The number of hydrogen-bond donors (Lipinski definition) is 2. The second-order valence-electron chi connectivity index (χ2n) is 4.52. The van der Waals surface area contributed by atoms with Crippen LogP contribution in [0, 0.1) is 0 Å². The fourth-order valence-corrected chi connectivity index (χ4v) is 2.18. The largest absolute Gasteiger partial charge is 0.508 e. The van der Waals surface area contributed by atoms with E-state index >= 15 is 0 Å². The minimum absolute atomic E-state index is 0.125. The lowest BCUT2D eigenvalue weighted by molar-refractivity contribution is -0.138. The maximum atomic E-state index is 10.9. The van der Waals surface area contributed by atoms with Crippen LogP contribution in [0.4, 0.5) is 0 Å². The number of hydrogen-bond acceptors (Lipinski definition) is 4. The van der Waals surface area contributed by atoms with Crippen LogP contribution >= 0.6 is 0 Å². The third-order valence-electron chi connectivity index (χ3n) is 3.02. The van der Waals surface area contributed by atoms with Crippen LogP contribution in [0.1, 0.15) is 17.3 Å². The first-order valence-electron chi connectivity index (χ1n) is 6.20. The van der Waals surface area contributed by atoms with E-state index in [9.17, 15) is 9.90 Å². The lowest BCUT2D eigenvalue weighted by Crippen LogP contribution is -2.31. The van der Waals surface area contributed by atoms with E-state index in [1.807, 2.05) is 12.1 Å². The quantitative estimate of drug-likeness (QED) is 0.869. The highest BCUT2D eigenvalue weighted by atomic mass is 16.4. The molecule has 0 spiro atoms. The SMILES string of the molecule is CN(CC(=O)O)C(c1ccccn1)c1ccccc1O. The van der Waals surface area contributed by atoms with Gasteiger partial charge in [0.25, 0.3) is 0 Å². The van der Waals surface area contributed by atoms with Crippen LogP contribution in [-0.4, -0.2) is 39.7 Å². The van der Waals surface area contributed by atoms with Gasteiger partial charge >= 0.3 is 5.97 Å². The number of pyridine rings is 1. The number of carbonyl (C=O) groups is 1. The van der Waals surface area contributed by atoms with Crippen molar-refractivity contribution in [3.63, 3.8) is 0 Å². The van der Waals surface area contributed by atoms with Crippen LogP contribution < -0.4 is 0 Å². The average molecular weight is 272 g/mol. The van der Waals surface area contributed by atoms with Gasteiger partial charge in [-0.1, -0.05) is 24.3 Å². The lowest BCUT2D eigenvalue weighted by Gasteiger charge is -2.27. The molecular formula is C15H16N2O3. The molecule has 0 saturated heterocycles. The smallest absolute Gasteiger partial charge is 0.317 e. The van der Waals surface area contributed by atoms with Gasteiger partial charge in [-0.3, -0.25) is 14.7 Å². The Hall–Kier alpha value is -2.40. The molecule has 5 nitrogen and oxygen atoms in total. The average Bonchev–Trinajstić information content (AvgIpc) is 2.42. The second-order valence-corrected chi connectivity index (χ2v) is 4.52. The van der Waals surface area contributed by atoms with Gasteiger partial charge in [-0.05, 0) is 25.2 Å². The molecule has 2 N–H and O–H groups in total. The van der Waals surface area contributed by atoms with Crippen LogP contribution in [0.2, 0.25) is 0 Å². The van der Waals surface area contributed by atoms with Gasteiger partial charge in [0.2, 0.25) is 0 Å². The maximum absolute atomic E-state index is 10.9. The minimum atomic E-state index is -0.927. The first-order valence-corrected chi connectivity index (χ1v) is 6.20. The Bertz CT molecular complexity index is 587. The van der Waals surface area contributed by atoms with Crippen LogP contribution in [0.3, 0.4) is 0 Å². The molecule has 0 saturated carbocycles. The summed E-state index contributed by atoms with van der Waals surface area (Å²) >= 11 is 0. The molecule has 0 aliphatic heterocycles. The summed E-state index contributed by atoms with van der Waals surface area (Å²) in [6, 6.07) is 11.9. The number of carboxylic acid groups (broad SMARTS) is 1. The van der Waals surface area contributed by atoms with Crippen molar-refractivity contribution in [2.75, 3.05) is 13.6 Å². The van der Waals surface area contributed by atoms with Crippen LogP contribution in [0.15, 0.2) is 48.7 Å². The van der Waals surface area contributed by atoms with Gasteiger partial charge in [0, 0.05) is 11.8 Å². The third kappa shape index (κ3) is 3.13. The molecule has 0 aliphatic carbocycles. The van der Waals surface area contributed by atoms with E-state index in [0.29, 0.717) is 11.3 Å². The Kier molecular flexibility index (Phi) is 4.32. The Balaban J connectivity index is 2.45. The molecule has 2 aromatic rings. The van der Waals surface area contributed by atoms with E-state index in [1.165, 1.54) is 0 Å². The molecular weight excluding hydrogens is 256 g/mol. The monoisotopic (exact) mass is 272 g/mol. The first-order chi connectivity index (χ1) is 9.59. The normalized spacial score (nSPS) is 12.3. The Morgan fingerprint density at radius 3 is 2.55 bits per heavy atom. The van der Waals surface area contributed by atoms with Crippen LogP contribution in [-0.2, 0) is 4.79 Å². The van der Waals surface area contributed by atoms with Crippen molar-refractivity contribution in [1.29, 1.82) is 0 Å². The van der Waals surface area contributed by atoms with Crippen molar-refractivity contribution < 1.29 is 15.0 Å². The molecule has 0 aliphatic rings. The number of aromatic hydroxyl groups is 1. The first kappa shape index (κ1) is 14.0. The molecule has 1 atom stereocenters. The Morgan fingerprint density at radius 2 is 1.95 bits per heavy atom. The zero-order valence-electron chi connectivity index (χ0n) is 11.1. The summed E-state index contributed by atoms with van der Waals surface area (Å²) < 4.78 is 0. The number of rotatable bonds is 5. The van der Waals surface area contributed by atoms with Gasteiger partial charge in [-0.2, -0.15) is 0 Å². The summed E-state index contributed by atoms with van der Waals surface area (Å²) in [6.45, 7) is -0.143. The number of para-hydroxylation sites is 1. The third-order valence-corrected chi connectivity index (χ3v) is 3.02. The number of aromatic nitrogens is 1. The molecule has 0 amide bonds. The van der Waals surface area contributed by atoms with Gasteiger partial charge < -0.3 is 10.2 Å². The molecule has 2 rings (SSSR count). The number of benzene rings is 1. The summed E-state index contributed by atoms with van der Waals surface area (Å²) in [4.78, 5) is 16.9. The van der Waals surface area contributed by atoms with E-state index in [4.69, 9.17) is 5.11 Å². The van der Waals surface area contributed by atoms with Crippen LogP contribution in [0.25, 0.3) is 0 Å². The fourth-order valence-electron chi connectivity index (χ4n) is 2.18. The van der Waals surface area contributed by atoms with Crippen molar-refractivity contribution >= 4 is 5.97 Å². The molecule has 1 aromatic carbocycles. The zero-order valence-corrected chi connectivity index (χ0v) is 11.1. The highest BCUT2D eigenvalue weighted by Gasteiger charge is 2.24. The Morgan fingerprint density at radius 1 is 1.25 bits per heavy atom. The fraction of sp³-hybridized carbons (Fsp3) is 0.200. The number of carboxylic acids is 1. The highest BCUT2D eigenvalue weighted by molar-refractivity contribution is 5.69. The number of likely N-dealkylation sites (N-methyl/N-ethyl adjacent to an activating group) is 1. The lowest BCUT2D eigenvalue weighted by atomic mass is 10.0. The van der Waals surface area contributed by atoms with Crippen molar-refractivity contribution in [3.8, 4) is 5.75 Å². The predicted molar refractivity (Wildman–Crippen MR) is 74.5 cm³/mol. The summed E-state index contributed by atoms with van der Waals surface area (Å²) in [5.74, 6) is -0.802.